The zero-order valence-corrected chi connectivity index (χ0v) is 12.3. The molecule has 0 spiro atoms. The van der Waals surface area contributed by atoms with Crippen molar-refractivity contribution in [3.05, 3.63) is 54.6 Å². The lowest BCUT2D eigenvalue weighted by molar-refractivity contribution is 0.352. The molecule has 0 radical (unpaired) electrons. The van der Waals surface area contributed by atoms with Crippen LogP contribution < -0.4 is 4.74 Å². The number of rotatable bonds is 5. The van der Waals surface area contributed by atoms with E-state index >= 15 is 0 Å². The highest BCUT2D eigenvalue weighted by atomic mass is 32.2. The first-order valence-electron chi connectivity index (χ1n) is 5.77. The first kappa shape index (κ1) is 15.5. The van der Waals surface area contributed by atoms with E-state index in [0.717, 1.165) is 0 Å². The minimum atomic E-state index is -4.24. The highest BCUT2D eigenvalue weighted by Crippen LogP contribution is 2.22. The third-order valence-electron chi connectivity index (χ3n) is 2.56. The second-order valence-corrected chi connectivity index (χ2v) is 7.48. The van der Waals surface area contributed by atoms with Gasteiger partial charge in [0.1, 0.15) is 5.75 Å². The van der Waals surface area contributed by atoms with E-state index in [0.29, 0.717) is 0 Å². The smallest absolute Gasteiger partial charge is 0.300 e. The molecule has 0 unspecified atom stereocenters. The minimum absolute atomic E-state index is 0.0629. The first-order chi connectivity index (χ1) is 9.79. The monoisotopic (exact) mass is 328 g/mol. The molecule has 2 aromatic carbocycles. The van der Waals surface area contributed by atoms with Gasteiger partial charge < -0.3 is 4.74 Å². The van der Waals surface area contributed by atoms with E-state index in [-0.39, 0.29) is 15.5 Å². The summed E-state index contributed by atoms with van der Waals surface area (Å²) in [7, 11) is -7.87. The van der Waals surface area contributed by atoms with Crippen molar-refractivity contribution >= 4 is 20.0 Å². The zero-order chi connectivity index (χ0) is 15.5. The van der Waals surface area contributed by atoms with Crippen LogP contribution in [0.2, 0.25) is 0 Å². The molecule has 0 fully saturated rings. The van der Waals surface area contributed by atoms with E-state index in [1.54, 1.807) is 18.2 Å². The highest BCUT2D eigenvalue weighted by molar-refractivity contribution is 7.91. The third kappa shape index (κ3) is 4.03. The van der Waals surface area contributed by atoms with Crippen molar-refractivity contribution in [3.63, 3.8) is 0 Å². The average Bonchev–Trinajstić information content (AvgIpc) is 2.46. The Kier molecular flexibility index (Phi) is 4.31. The normalized spacial score (nSPS) is 12.0. The van der Waals surface area contributed by atoms with Crippen LogP contribution in [0.1, 0.15) is 0 Å². The standard InChI is InChI=1S/C13H12O6S2/c14-20(15,16)10-19-11-6-8-13(9-7-11)21(17,18)12-4-2-1-3-5-12/h1-9H,10H2,(H,14,15,16). The molecule has 6 nitrogen and oxygen atoms in total. The van der Waals surface area contributed by atoms with Crippen molar-refractivity contribution in [1.29, 1.82) is 0 Å². The molecule has 21 heavy (non-hydrogen) atoms. The van der Waals surface area contributed by atoms with Crippen LogP contribution in [0.15, 0.2) is 64.4 Å². The van der Waals surface area contributed by atoms with Crippen LogP contribution in [0.4, 0.5) is 0 Å². The summed E-state index contributed by atoms with van der Waals surface area (Å²) in [6, 6.07) is 13.2. The molecule has 1 N–H and O–H groups in total. The Morgan fingerprint density at radius 1 is 0.810 bits per heavy atom. The number of ether oxygens (including phenoxy) is 1. The molecule has 0 aromatic heterocycles. The Balaban J connectivity index is 2.23. The molecule has 0 aliphatic carbocycles. The van der Waals surface area contributed by atoms with E-state index < -0.39 is 25.9 Å². The Morgan fingerprint density at radius 3 is 1.86 bits per heavy atom. The van der Waals surface area contributed by atoms with Crippen LogP contribution in [0, 0.1) is 0 Å². The topological polar surface area (TPSA) is 97.7 Å². The molecule has 2 rings (SSSR count). The molecule has 2 aromatic rings. The van der Waals surface area contributed by atoms with Gasteiger partial charge in [-0.05, 0) is 36.4 Å². The average molecular weight is 328 g/mol. The Morgan fingerprint density at radius 2 is 1.33 bits per heavy atom. The fourth-order valence-electron chi connectivity index (χ4n) is 1.59. The molecular weight excluding hydrogens is 316 g/mol. The van der Waals surface area contributed by atoms with E-state index in [2.05, 4.69) is 0 Å². The zero-order valence-electron chi connectivity index (χ0n) is 10.7. The summed E-state index contributed by atoms with van der Waals surface area (Å²) in [6.07, 6.45) is 0. The van der Waals surface area contributed by atoms with Crippen LogP contribution >= 0.6 is 0 Å². The van der Waals surface area contributed by atoms with Crippen LogP contribution in [-0.4, -0.2) is 27.3 Å². The van der Waals surface area contributed by atoms with Crippen LogP contribution in [0.5, 0.6) is 5.75 Å². The largest absolute Gasteiger partial charge is 0.475 e. The lowest BCUT2D eigenvalue weighted by Gasteiger charge is -2.07. The van der Waals surface area contributed by atoms with Crippen LogP contribution in [0.25, 0.3) is 0 Å². The predicted molar refractivity (Wildman–Crippen MR) is 75.4 cm³/mol. The molecule has 0 aliphatic heterocycles. The molecule has 112 valence electrons. The van der Waals surface area contributed by atoms with Gasteiger partial charge in [0.15, 0.2) is 0 Å². The number of sulfone groups is 1. The summed E-state index contributed by atoms with van der Waals surface area (Å²) in [5, 5.41) is 0. The fraction of sp³-hybridized carbons (Fsp3) is 0.0769. The summed E-state index contributed by atoms with van der Waals surface area (Å²) in [6.45, 7) is 0. The maximum Gasteiger partial charge on any atom is 0.300 e. The second kappa shape index (κ2) is 5.84. The SMILES string of the molecule is O=S(=O)(O)COc1ccc(S(=O)(=O)c2ccccc2)cc1. The van der Waals surface area contributed by atoms with Gasteiger partial charge in [-0.25, -0.2) is 8.42 Å². The molecule has 8 heteroatoms. The van der Waals surface area contributed by atoms with Crippen molar-refractivity contribution in [2.45, 2.75) is 9.79 Å². The second-order valence-electron chi connectivity index (χ2n) is 4.13. The maximum atomic E-state index is 12.3. The Labute approximate surface area is 122 Å². The van der Waals surface area contributed by atoms with E-state index in [1.165, 1.54) is 36.4 Å². The summed E-state index contributed by atoms with van der Waals surface area (Å²) >= 11 is 0. The minimum Gasteiger partial charge on any atom is -0.475 e. The molecule has 0 atom stereocenters. The molecule has 0 aliphatic rings. The lowest BCUT2D eigenvalue weighted by atomic mass is 10.3. The Hall–Kier alpha value is -1.90. The van der Waals surface area contributed by atoms with E-state index in [9.17, 15) is 16.8 Å². The highest BCUT2D eigenvalue weighted by Gasteiger charge is 2.17. The summed E-state index contributed by atoms with van der Waals surface area (Å²) in [4.78, 5) is 0.226. The van der Waals surface area contributed by atoms with Crippen molar-refractivity contribution in [2.24, 2.45) is 0 Å². The molecule has 0 amide bonds. The molecule has 0 heterocycles. The maximum absolute atomic E-state index is 12.3. The summed E-state index contributed by atoms with van der Waals surface area (Å²) in [5.74, 6) is -0.753. The molecule has 0 bridgehead atoms. The van der Waals surface area contributed by atoms with E-state index in [4.69, 9.17) is 9.29 Å². The van der Waals surface area contributed by atoms with Gasteiger partial charge in [-0.1, -0.05) is 18.2 Å². The van der Waals surface area contributed by atoms with Crippen molar-refractivity contribution in [1.82, 2.24) is 0 Å². The lowest BCUT2D eigenvalue weighted by Crippen LogP contribution is -2.10. The van der Waals surface area contributed by atoms with Gasteiger partial charge in [-0.15, -0.1) is 0 Å². The number of benzene rings is 2. The summed E-state index contributed by atoms with van der Waals surface area (Å²) < 4.78 is 59.0. The van der Waals surface area contributed by atoms with Gasteiger partial charge >= 0.3 is 10.1 Å². The van der Waals surface area contributed by atoms with E-state index in [1.807, 2.05) is 0 Å². The molecule has 0 saturated carbocycles. The van der Waals surface area contributed by atoms with Gasteiger partial charge in [0.2, 0.25) is 15.8 Å². The fourth-order valence-corrected chi connectivity index (χ4v) is 3.16. The predicted octanol–water partition coefficient (Wildman–Crippen LogP) is 1.74. The van der Waals surface area contributed by atoms with Gasteiger partial charge in [0, 0.05) is 0 Å². The Bertz CT molecular complexity index is 809. The molecular formula is C13H12O6S2. The van der Waals surface area contributed by atoms with Crippen molar-refractivity contribution in [2.75, 3.05) is 5.94 Å². The van der Waals surface area contributed by atoms with Gasteiger partial charge in [0.25, 0.3) is 0 Å². The summed E-state index contributed by atoms with van der Waals surface area (Å²) in [5.41, 5.74) is 0. The molecule has 0 saturated heterocycles. The van der Waals surface area contributed by atoms with Gasteiger partial charge in [-0.3, -0.25) is 4.55 Å². The van der Waals surface area contributed by atoms with Crippen molar-refractivity contribution < 1.29 is 26.1 Å². The number of hydrogen-bond acceptors (Lipinski definition) is 5. The number of hydrogen-bond donors (Lipinski definition) is 1. The van der Waals surface area contributed by atoms with Crippen LogP contribution in [-0.2, 0) is 20.0 Å². The quantitative estimate of drug-likeness (QED) is 0.840. The first-order valence-corrected chi connectivity index (χ1v) is 8.86. The van der Waals surface area contributed by atoms with Gasteiger partial charge in [-0.2, -0.15) is 8.42 Å². The van der Waals surface area contributed by atoms with Gasteiger partial charge in [0.05, 0.1) is 9.79 Å². The van der Waals surface area contributed by atoms with Crippen LogP contribution in [0.3, 0.4) is 0 Å². The third-order valence-corrected chi connectivity index (χ3v) is 4.76. The van der Waals surface area contributed by atoms with Crippen molar-refractivity contribution in [3.8, 4) is 5.75 Å².